The molecule has 10 heteroatoms. The molecule has 0 aromatic carbocycles. The second kappa shape index (κ2) is 5.27. The summed E-state index contributed by atoms with van der Waals surface area (Å²) < 4.78 is 55.2. The van der Waals surface area contributed by atoms with Crippen LogP contribution in [0.3, 0.4) is 0 Å². The zero-order valence-corrected chi connectivity index (χ0v) is 10.0. The summed E-state index contributed by atoms with van der Waals surface area (Å²) in [7, 11) is -11.3. The summed E-state index contributed by atoms with van der Waals surface area (Å²) in [6.45, 7) is 0. The Morgan fingerprint density at radius 1 is 0.900 bits per heavy atom. The quantitative estimate of drug-likeness (QED) is 0.242. The van der Waals surface area contributed by atoms with Gasteiger partial charge in [0.25, 0.3) is 0 Å². The minimum absolute atomic E-state index is 0. The van der Waals surface area contributed by atoms with Gasteiger partial charge in [0.2, 0.25) is 0 Å². The van der Waals surface area contributed by atoms with Gasteiger partial charge in [-0.1, -0.05) is 0 Å². The third kappa shape index (κ3) is 6.31. The van der Waals surface area contributed by atoms with Gasteiger partial charge in [-0.25, -0.2) is 16.8 Å². The molecular weight excluding hydrogens is 207 g/mol. The van der Waals surface area contributed by atoms with Crippen LogP contribution in [0, 0.1) is 0 Å². The standard InChI is InChI=1S/Mg.Na.H2O6S2.H/c;;1-7(2,3)8(4,5)6;/h;;(H,1,2,3)(H,4,5,6);/q+2;+1;;-1/p-2. The zero-order valence-electron chi connectivity index (χ0n) is 5.97. The van der Waals surface area contributed by atoms with Crippen molar-refractivity contribution in [2.75, 3.05) is 0 Å². The summed E-state index contributed by atoms with van der Waals surface area (Å²) in [4.78, 5) is 0. The smallest absolute Gasteiger partial charge is 1.00 e. The fraction of sp³-hybridized carbons (Fsp3) is 0. The second-order valence-electron chi connectivity index (χ2n) is 0.816. The van der Waals surface area contributed by atoms with Gasteiger partial charge in [0.1, 0.15) is 0 Å². The van der Waals surface area contributed by atoms with Crippen LogP contribution >= 0.6 is 0 Å². The van der Waals surface area contributed by atoms with Gasteiger partial charge in [-0.3, -0.25) is 0 Å². The second-order valence-corrected chi connectivity index (χ2v) is 4.90. The number of rotatable bonds is 1. The predicted molar refractivity (Wildman–Crippen MR) is 26.3 cm³/mol. The van der Waals surface area contributed by atoms with Gasteiger partial charge in [-0.05, 0) is 0 Å². The van der Waals surface area contributed by atoms with Crippen molar-refractivity contribution in [1.29, 1.82) is 0 Å². The summed E-state index contributed by atoms with van der Waals surface area (Å²) in [5, 5.41) is 0. The van der Waals surface area contributed by atoms with E-state index in [1.54, 1.807) is 0 Å². The molecular formula is HMgNaO6S2. The Bertz CT molecular complexity index is 233. The largest absolute Gasteiger partial charge is 2.00 e. The van der Waals surface area contributed by atoms with Gasteiger partial charge in [0.15, 0.2) is 18.3 Å². The van der Waals surface area contributed by atoms with Crippen molar-refractivity contribution in [2.45, 2.75) is 0 Å². The minimum atomic E-state index is -5.67. The van der Waals surface area contributed by atoms with E-state index in [-0.39, 0.29) is 54.0 Å². The van der Waals surface area contributed by atoms with E-state index in [0.717, 1.165) is 0 Å². The third-order valence-electron chi connectivity index (χ3n) is 0.250. The van der Waals surface area contributed by atoms with Gasteiger partial charge in [0, 0.05) is 0 Å². The maximum atomic E-state index is 9.20. The fourth-order valence-corrected chi connectivity index (χ4v) is 0. The van der Waals surface area contributed by atoms with Crippen molar-refractivity contribution in [3.63, 3.8) is 0 Å². The van der Waals surface area contributed by atoms with E-state index in [2.05, 4.69) is 0 Å². The van der Waals surface area contributed by atoms with Crippen molar-refractivity contribution in [2.24, 2.45) is 0 Å². The van der Waals surface area contributed by atoms with E-state index in [4.69, 9.17) is 0 Å². The molecule has 10 heavy (non-hydrogen) atoms. The molecule has 0 rings (SSSR count). The van der Waals surface area contributed by atoms with E-state index < -0.39 is 18.3 Å². The van der Waals surface area contributed by atoms with Crippen LogP contribution in [-0.4, -0.2) is 49.0 Å². The minimum Gasteiger partial charge on any atom is -1.00 e. The van der Waals surface area contributed by atoms with Crippen molar-refractivity contribution in [3.05, 3.63) is 0 Å². The van der Waals surface area contributed by atoms with Crippen LogP contribution < -0.4 is 29.6 Å². The molecule has 0 heterocycles. The van der Waals surface area contributed by atoms with Crippen molar-refractivity contribution >= 4 is 41.4 Å². The van der Waals surface area contributed by atoms with E-state index in [1.165, 1.54) is 0 Å². The van der Waals surface area contributed by atoms with Crippen LogP contribution in [0.5, 0.6) is 0 Å². The average molecular weight is 208 g/mol. The molecule has 0 amide bonds. The summed E-state index contributed by atoms with van der Waals surface area (Å²) in [5.74, 6) is 0. The van der Waals surface area contributed by atoms with Gasteiger partial charge in [-0.15, -0.1) is 0 Å². The Balaban J connectivity index is -0.0000000817. The van der Waals surface area contributed by atoms with Gasteiger partial charge in [-0.2, -0.15) is 0 Å². The fourth-order valence-electron chi connectivity index (χ4n) is 0. The summed E-state index contributed by atoms with van der Waals surface area (Å²) >= 11 is 0. The van der Waals surface area contributed by atoms with E-state index >= 15 is 0 Å². The van der Waals surface area contributed by atoms with E-state index in [0.29, 0.717) is 0 Å². The van der Waals surface area contributed by atoms with Crippen LogP contribution in [0.2, 0.25) is 0 Å². The topological polar surface area (TPSA) is 114 Å². The van der Waals surface area contributed by atoms with Crippen molar-refractivity contribution in [1.82, 2.24) is 0 Å². The number of hydrogen-bond acceptors (Lipinski definition) is 6. The molecule has 0 saturated carbocycles. The molecule has 0 spiro atoms. The van der Waals surface area contributed by atoms with Gasteiger partial charge in [0.05, 0.1) is 0 Å². The molecule has 52 valence electrons. The molecule has 0 aliphatic rings. The summed E-state index contributed by atoms with van der Waals surface area (Å²) in [5.41, 5.74) is 0. The van der Waals surface area contributed by atoms with Gasteiger partial charge >= 0.3 is 52.6 Å². The monoisotopic (exact) mass is 208 g/mol. The molecule has 0 aromatic heterocycles. The molecule has 0 atom stereocenters. The van der Waals surface area contributed by atoms with E-state index in [9.17, 15) is 25.9 Å². The molecule has 0 aromatic rings. The van der Waals surface area contributed by atoms with Gasteiger partial charge < -0.3 is 10.5 Å². The number of hydrogen-bond donors (Lipinski definition) is 0. The molecule has 0 bridgehead atoms. The Labute approximate surface area is 97.2 Å². The molecule has 0 fully saturated rings. The first-order valence-corrected chi connectivity index (χ1v) is 4.50. The predicted octanol–water partition coefficient (Wildman–Crippen LogP) is -5.27. The first kappa shape index (κ1) is 17.6. The van der Waals surface area contributed by atoms with E-state index in [1.807, 2.05) is 0 Å². The maximum Gasteiger partial charge on any atom is 2.00 e. The molecule has 0 radical (unpaired) electrons. The Morgan fingerprint density at radius 2 is 1.00 bits per heavy atom. The molecule has 0 aliphatic heterocycles. The molecule has 6 nitrogen and oxygen atoms in total. The SMILES string of the molecule is O=S(=O)([O-])S(=O)(=O)[O-].[H-].[Mg+2].[Na+]. The normalized spacial score (nSPS) is 11.0. The molecule has 0 N–H and O–H groups in total. The third-order valence-corrected chi connectivity index (χ3v) is 2.25. The summed E-state index contributed by atoms with van der Waals surface area (Å²) in [6.07, 6.45) is 0. The van der Waals surface area contributed by atoms with Crippen LogP contribution in [-0.2, 0) is 18.3 Å². The Hall–Kier alpha value is 1.59. The molecule has 0 aliphatic carbocycles. The molecule has 0 unspecified atom stereocenters. The van der Waals surface area contributed by atoms with Crippen molar-refractivity contribution in [3.8, 4) is 0 Å². The summed E-state index contributed by atoms with van der Waals surface area (Å²) in [6, 6.07) is 0. The Morgan fingerprint density at radius 3 is 1.00 bits per heavy atom. The van der Waals surface area contributed by atoms with Crippen LogP contribution in [0.25, 0.3) is 0 Å². The van der Waals surface area contributed by atoms with Crippen LogP contribution in [0.1, 0.15) is 1.43 Å². The first-order valence-electron chi connectivity index (χ1n) is 1.17. The van der Waals surface area contributed by atoms with Crippen LogP contribution in [0.4, 0.5) is 0 Å². The molecule has 0 saturated heterocycles. The maximum absolute atomic E-state index is 9.20. The average Bonchev–Trinajstić information content (AvgIpc) is 1.25. The van der Waals surface area contributed by atoms with Crippen LogP contribution in [0.15, 0.2) is 0 Å². The zero-order chi connectivity index (χ0) is 7.00. The first-order chi connectivity index (χ1) is 3.25. The Kier molecular flexibility index (Phi) is 9.28. The van der Waals surface area contributed by atoms with Crippen molar-refractivity contribution < 1.29 is 56.9 Å².